The molecule has 2 aromatic carbocycles. The topological polar surface area (TPSA) is 111 Å². The summed E-state index contributed by atoms with van der Waals surface area (Å²) in [6.45, 7) is -0.924. The lowest BCUT2D eigenvalue weighted by Crippen LogP contribution is -2.32. The molecule has 0 saturated carbocycles. The highest BCUT2D eigenvalue weighted by molar-refractivity contribution is 6.30. The Kier molecular flexibility index (Phi) is 5.86. The molecule has 0 fully saturated rings. The van der Waals surface area contributed by atoms with E-state index in [1.165, 1.54) is 0 Å². The molecule has 1 heterocycles. The lowest BCUT2D eigenvalue weighted by Gasteiger charge is -2.10. The minimum atomic E-state index is -0.771. The van der Waals surface area contributed by atoms with Gasteiger partial charge < -0.3 is 15.8 Å². The standard InChI is InChI=1S/C20H16ClN3O4/c21-13-7-5-12(6-8-13)17-9-15(14-3-1-2-4-16(14)24-17)20(27)23-10-19(26)28-11-18(22)25/h1-9H,10-11H2,(H2,22,25)(H,23,27). The van der Waals surface area contributed by atoms with Crippen LogP contribution in [0.2, 0.25) is 5.02 Å². The Bertz CT molecular complexity index is 1050. The monoisotopic (exact) mass is 397 g/mol. The molecule has 2 amide bonds. The van der Waals surface area contributed by atoms with E-state index in [9.17, 15) is 14.4 Å². The number of nitrogens with two attached hydrogens (primary N) is 1. The molecule has 28 heavy (non-hydrogen) atoms. The van der Waals surface area contributed by atoms with E-state index >= 15 is 0 Å². The summed E-state index contributed by atoms with van der Waals surface area (Å²) in [7, 11) is 0. The zero-order chi connectivity index (χ0) is 20.1. The number of primary amides is 1. The van der Waals surface area contributed by atoms with Crippen LogP contribution in [0.1, 0.15) is 10.4 Å². The van der Waals surface area contributed by atoms with E-state index in [1.54, 1.807) is 36.4 Å². The Morgan fingerprint density at radius 3 is 2.50 bits per heavy atom. The molecule has 0 atom stereocenters. The Balaban J connectivity index is 1.88. The van der Waals surface area contributed by atoms with Gasteiger partial charge in [0, 0.05) is 16.0 Å². The molecular weight excluding hydrogens is 382 g/mol. The van der Waals surface area contributed by atoms with E-state index in [0.717, 1.165) is 5.56 Å². The lowest BCUT2D eigenvalue weighted by molar-refractivity contribution is -0.146. The Morgan fingerprint density at radius 2 is 1.79 bits per heavy atom. The highest BCUT2D eigenvalue weighted by Gasteiger charge is 2.15. The summed E-state index contributed by atoms with van der Waals surface area (Å²) < 4.78 is 4.63. The van der Waals surface area contributed by atoms with Crippen LogP contribution in [-0.4, -0.2) is 35.9 Å². The molecule has 142 valence electrons. The van der Waals surface area contributed by atoms with E-state index in [2.05, 4.69) is 15.0 Å². The summed E-state index contributed by atoms with van der Waals surface area (Å²) in [6, 6.07) is 15.9. The van der Waals surface area contributed by atoms with E-state index in [4.69, 9.17) is 17.3 Å². The summed E-state index contributed by atoms with van der Waals surface area (Å²) in [5.41, 5.74) is 7.30. The molecule has 7 nitrogen and oxygen atoms in total. The van der Waals surface area contributed by atoms with Crippen molar-refractivity contribution in [2.45, 2.75) is 0 Å². The van der Waals surface area contributed by atoms with Crippen LogP contribution in [-0.2, 0) is 14.3 Å². The number of ether oxygens (including phenoxy) is 1. The third kappa shape index (κ3) is 4.63. The Morgan fingerprint density at radius 1 is 1.07 bits per heavy atom. The van der Waals surface area contributed by atoms with Gasteiger partial charge in [-0.1, -0.05) is 41.9 Å². The third-order valence-corrected chi connectivity index (χ3v) is 4.12. The lowest BCUT2D eigenvalue weighted by atomic mass is 10.0. The van der Waals surface area contributed by atoms with Crippen molar-refractivity contribution in [3.8, 4) is 11.3 Å². The van der Waals surface area contributed by atoms with Crippen molar-refractivity contribution in [1.29, 1.82) is 0 Å². The molecule has 0 unspecified atom stereocenters. The van der Waals surface area contributed by atoms with Crippen LogP contribution in [0.25, 0.3) is 22.2 Å². The normalized spacial score (nSPS) is 10.5. The maximum atomic E-state index is 12.7. The van der Waals surface area contributed by atoms with Crippen LogP contribution < -0.4 is 11.1 Å². The van der Waals surface area contributed by atoms with Crippen LogP contribution in [0.3, 0.4) is 0 Å². The number of benzene rings is 2. The van der Waals surface area contributed by atoms with Gasteiger partial charge in [0.05, 0.1) is 16.8 Å². The first-order valence-electron chi connectivity index (χ1n) is 8.32. The van der Waals surface area contributed by atoms with E-state index in [0.29, 0.717) is 27.2 Å². The van der Waals surface area contributed by atoms with Crippen molar-refractivity contribution in [3.05, 3.63) is 65.2 Å². The molecule has 0 bridgehead atoms. The molecule has 0 aliphatic carbocycles. The van der Waals surface area contributed by atoms with Crippen LogP contribution >= 0.6 is 11.6 Å². The predicted octanol–water partition coefficient (Wildman–Crippen LogP) is 2.31. The van der Waals surface area contributed by atoms with Gasteiger partial charge in [-0.2, -0.15) is 0 Å². The number of carbonyl (C=O) groups is 3. The Labute approximate surface area is 165 Å². The molecule has 1 aromatic heterocycles. The number of esters is 1. The predicted molar refractivity (Wildman–Crippen MR) is 105 cm³/mol. The fraction of sp³-hybridized carbons (Fsp3) is 0.100. The zero-order valence-electron chi connectivity index (χ0n) is 14.6. The van der Waals surface area contributed by atoms with Crippen molar-refractivity contribution < 1.29 is 19.1 Å². The molecular formula is C20H16ClN3O4. The fourth-order valence-corrected chi connectivity index (χ4v) is 2.71. The van der Waals surface area contributed by atoms with Crippen LogP contribution in [0.15, 0.2) is 54.6 Å². The first-order chi connectivity index (χ1) is 13.4. The summed E-state index contributed by atoms with van der Waals surface area (Å²) in [6.07, 6.45) is 0. The maximum Gasteiger partial charge on any atom is 0.325 e. The fourth-order valence-electron chi connectivity index (χ4n) is 2.58. The van der Waals surface area contributed by atoms with Gasteiger partial charge in [0.15, 0.2) is 6.61 Å². The van der Waals surface area contributed by atoms with Gasteiger partial charge in [-0.05, 0) is 24.3 Å². The van der Waals surface area contributed by atoms with Gasteiger partial charge in [0.25, 0.3) is 11.8 Å². The number of fused-ring (bicyclic) bond motifs is 1. The summed E-state index contributed by atoms with van der Waals surface area (Å²) in [5, 5.41) is 3.72. The number of aromatic nitrogens is 1. The molecule has 0 radical (unpaired) electrons. The number of nitrogens with one attached hydrogen (secondary N) is 1. The van der Waals surface area contributed by atoms with Crippen molar-refractivity contribution in [2.75, 3.05) is 13.2 Å². The largest absolute Gasteiger partial charge is 0.454 e. The molecule has 8 heteroatoms. The van der Waals surface area contributed by atoms with Crippen molar-refractivity contribution >= 4 is 40.3 Å². The average molecular weight is 398 g/mol. The first-order valence-corrected chi connectivity index (χ1v) is 8.69. The van der Waals surface area contributed by atoms with Gasteiger partial charge in [-0.3, -0.25) is 14.4 Å². The average Bonchev–Trinajstić information content (AvgIpc) is 2.70. The number of nitrogens with zero attached hydrogens (tertiary/aromatic N) is 1. The minimum absolute atomic E-state index is 0.359. The third-order valence-electron chi connectivity index (χ3n) is 3.87. The van der Waals surface area contributed by atoms with Crippen molar-refractivity contribution in [1.82, 2.24) is 10.3 Å². The zero-order valence-corrected chi connectivity index (χ0v) is 15.4. The number of amides is 2. The van der Waals surface area contributed by atoms with E-state index in [1.807, 2.05) is 18.2 Å². The maximum absolute atomic E-state index is 12.7. The molecule has 0 saturated heterocycles. The summed E-state index contributed by atoms with van der Waals surface area (Å²) in [5.74, 6) is -2.00. The van der Waals surface area contributed by atoms with Gasteiger partial charge in [0.1, 0.15) is 6.54 Å². The van der Waals surface area contributed by atoms with E-state index < -0.39 is 24.4 Å². The number of para-hydroxylation sites is 1. The number of halogens is 1. The first kappa shape index (κ1) is 19.3. The van der Waals surface area contributed by atoms with Gasteiger partial charge in [-0.25, -0.2) is 4.98 Å². The molecule has 3 N–H and O–H groups in total. The molecule has 0 spiro atoms. The van der Waals surface area contributed by atoms with Crippen LogP contribution in [0.4, 0.5) is 0 Å². The SMILES string of the molecule is NC(=O)COC(=O)CNC(=O)c1cc(-c2ccc(Cl)cc2)nc2ccccc12. The van der Waals surface area contributed by atoms with Crippen LogP contribution in [0, 0.1) is 0 Å². The molecule has 0 aliphatic rings. The number of hydrogen-bond donors (Lipinski definition) is 2. The number of hydrogen-bond acceptors (Lipinski definition) is 5. The van der Waals surface area contributed by atoms with Crippen LogP contribution in [0.5, 0.6) is 0 Å². The summed E-state index contributed by atoms with van der Waals surface area (Å²) in [4.78, 5) is 39.5. The Hall–Kier alpha value is -3.45. The minimum Gasteiger partial charge on any atom is -0.454 e. The molecule has 3 rings (SSSR count). The van der Waals surface area contributed by atoms with Gasteiger partial charge >= 0.3 is 5.97 Å². The van der Waals surface area contributed by atoms with Crippen molar-refractivity contribution in [2.24, 2.45) is 5.73 Å². The number of rotatable bonds is 6. The number of pyridine rings is 1. The molecule has 3 aromatic rings. The smallest absolute Gasteiger partial charge is 0.325 e. The highest BCUT2D eigenvalue weighted by atomic mass is 35.5. The molecule has 0 aliphatic heterocycles. The van der Waals surface area contributed by atoms with E-state index in [-0.39, 0.29) is 6.54 Å². The van der Waals surface area contributed by atoms with Gasteiger partial charge in [-0.15, -0.1) is 0 Å². The van der Waals surface area contributed by atoms with Crippen molar-refractivity contribution in [3.63, 3.8) is 0 Å². The number of carbonyl (C=O) groups excluding carboxylic acids is 3. The van der Waals surface area contributed by atoms with Gasteiger partial charge in [0.2, 0.25) is 0 Å². The quantitative estimate of drug-likeness (QED) is 0.620. The second-order valence-electron chi connectivity index (χ2n) is 5.89. The highest BCUT2D eigenvalue weighted by Crippen LogP contribution is 2.25. The second-order valence-corrected chi connectivity index (χ2v) is 6.33. The second kappa shape index (κ2) is 8.49. The summed E-state index contributed by atoms with van der Waals surface area (Å²) >= 11 is 5.93.